The number of carboxylic acids is 1. The first-order valence-electron chi connectivity index (χ1n) is 9.10. The lowest BCUT2D eigenvalue weighted by atomic mass is 9.89. The Kier molecular flexibility index (Phi) is 5.95. The Morgan fingerprint density at radius 1 is 0.846 bits per heavy atom. The van der Waals surface area contributed by atoms with Crippen LogP contribution < -0.4 is 4.74 Å². The summed E-state index contributed by atoms with van der Waals surface area (Å²) >= 11 is 0. The number of carboxylic acid groups (broad SMARTS) is 1. The first-order chi connectivity index (χ1) is 12.6. The number of benzene rings is 2. The van der Waals surface area contributed by atoms with Crippen molar-refractivity contribution in [2.45, 2.75) is 38.5 Å². The zero-order valence-corrected chi connectivity index (χ0v) is 14.8. The van der Waals surface area contributed by atoms with E-state index in [2.05, 4.69) is 0 Å². The van der Waals surface area contributed by atoms with E-state index in [4.69, 9.17) is 9.84 Å². The molecule has 26 heavy (non-hydrogen) atoms. The van der Waals surface area contributed by atoms with Gasteiger partial charge in [-0.1, -0.05) is 42.7 Å². The zero-order chi connectivity index (χ0) is 18.4. The molecule has 0 amide bonds. The first-order valence-corrected chi connectivity index (χ1v) is 9.10. The van der Waals surface area contributed by atoms with Gasteiger partial charge in [0.2, 0.25) is 0 Å². The van der Waals surface area contributed by atoms with Crippen molar-refractivity contribution in [2.24, 2.45) is 0 Å². The van der Waals surface area contributed by atoms with E-state index in [-0.39, 0.29) is 12.4 Å². The molecule has 2 aromatic rings. The van der Waals surface area contributed by atoms with E-state index >= 15 is 0 Å². The van der Waals surface area contributed by atoms with Crippen LogP contribution in [0.5, 0.6) is 11.5 Å². The number of aromatic hydroxyl groups is 1. The van der Waals surface area contributed by atoms with Crippen LogP contribution in [0, 0.1) is 0 Å². The molecule has 0 bridgehead atoms. The van der Waals surface area contributed by atoms with E-state index in [1.807, 2.05) is 36.4 Å². The maximum absolute atomic E-state index is 10.6. The highest BCUT2D eigenvalue weighted by molar-refractivity contribution is 5.82. The highest BCUT2D eigenvalue weighted by atomic mass is 16.5. The second-order valence-electron chi connectivity index (χ2n) is 6.65. The first kappa shape index (κ1) is 18.1. The molecule has 1 fully saturated rings. The molecule has 0 aromatic heterocycles. The number of phenolic OH excluding ortho intramolecular Hbond substituents is 1. The molecule has 0 atom stereocenters. The number of hydrogen-bond donors (Lipinski definition) is 2. The van der Waals surface area contributed by atoms with Gasteiger partial charge in [-0.25, -0.2) is 4.79 Å². The van der Waals surface area contributed by atoms with Gasteiger partial charge in [0.05, 0.1) is 0 Å². The van der Waals surface area contributed by atoms with E-state index in [1.165, 1.54) is 36.8 Å². The molecule has 3 rings (SSSR count). The minimum Gasteiger partial charge on any atom is -0.508 e. The standard InChI is InChI=1S/C22H24O4/c23-19-11-7-17(8-12-19)22(16-5-3-1-2-4-6-16)18-9-13-20(14-10-18)26-15-21(24)25/h7-14,23H,1-6,15H2,(H,24,25). The topological polar surface area (TPSA) is 66.8 Å². The maximum Gasteiger partial charge on any atom is 0.341 e. The van der Waals surface area contributed by atoms with Crippen molar-refractivity contribution in [3.05, 3.63) is 65.2 Å². The fourth-order valence-electron chi connectivity index (χ4n) is 3.47. The molecule has 2 N–H and O–H groups in total. The van der Waals surface area contributed by atoms with Crippen LogP contribution in [-0.4, -0.2) is 22.8 Å². The quantitative estimate of drug-likeness (QED) is 0.742. The minimum atomic E-state index is -0.987. The Balaban J connectivity index is 1.96. The fraction of sp³-hybridized carbons (Fsp3) is 0.318. The monoisotopic (exact) mass is 352 g/mol. The molecule has 1 aliphatic carbocycles. The summed E-state index contributed by atoms with van der Waals surface area (Å²) in [6.45, 7) is -0.342. The van der Waals surface area contributed by atoms with Crippen molar-refractivity contribution in [3.8, 4) is 11.5 Å². The van der Waals surface area contributed by atoms with E-state index in [9.17, 15) is 9.90 Å². The number of ether oxygens (including phenoxy) is 1. The molecule has 2 aromatic carbocycles. The Morgan fingerprint density at radius 3 is 1.92 bits per heavy atom. The minimum absolute atomic E-state index is 0.261. The lowest BCUT2D eigenvalue weighted by molar-refractivity contribution is -0.139. The SMILES string of the molecule is O=C(O)COc1ccc(C(=C2CCCCCC2)c2ccc(O)cc2)cc1. The molecule has 0 radical (unpaired) electrons. The molecule has 136 valence electrons. The number of phenols is 1. The summed E-state index contributed by atoms with van der Waals surface area (Å²) in [6.07, 6.45) is 7.14. The second-order valence-corrected chi connectivity index (χ2v) is 6.65. The third-order valence-electron chi connectivity index (χ3n) is 4.72. The molecule has 4 heteroatoms. The van der Waals surface area contributed by atoms with E-state index in [0.29, 0.717) is 5.75 Å². The summed E-state index contributed by atoms with van der Waals surface area (Å²) in [7, 11) is 0. The van der Waals surface area contributed by atoms with Crippen LogP contribution in [0.25, 0.3) is 5.57 Å². The summed E-state index contributed by atoms with van der Waals surface area (Å²) < 4.78 is 5.24. The third-order valence-corrected chi connectivity index (χ3v) is 4.72. The Bertz CT molecular complexity index is 763. The largest absolute Gasteiger partial charge is 0.508 e. The Morgan fingerprint density at radius 2 is 1.38 bits per heavy atom. The van der Waals surface area contributed by atoms with Gasteiger partial charge in [-0.3, -0.25) is 0 Å². The molecular formula is C22H24O4. The molecular weight excluding hydrogens is 328 g/mol. The van der Waals surface area contributed by atoms with Crippen molar-refractivity contribution in [1.29, 1.82) is 0 Å². The molecule has 1 aliphatic rings. The summed E-state index contributed by atoms with van der Waals surface area (Å²) in [6, 6.07) is 14.9. The van der Waals surface area contributed by atoms with Gasteiger partial charge in [0.1, 0.15) is 11.5 Å². The number of aliphatic carboxylic acids is 1. The van der Waals surface area contributed by atoms with Gasteiger partial charge in [0.25, 0.3) is 0 Å². The van der Waals surface area contributed by atoms with Crippen molar-refractivity contribution < 1.29 is 19.7 Å². The summed E-state index contributed by atoms with van der Waals surface area (Å²) in [5, 5.41) is 18.4. The summed E-state index contributed by atoms with van der Waals surface area (Å²) in [5.41, 5.74) is 4.86. The predicted octanol–water partition coefficient (Wildman–Crippen LogP) is 5.01. The summed E-state index contributed by atoms with van der Waals surface area (Å²) in [4.78, 5) is 10.6. The van der Waals surface area contributed by atoms with Gasteiger partial charge in [0, 0.05) is 0 Å². The van der Waals surface area contributed by atoms with Crippen molar-refractivity contribution >= 4 is 11.5 Å². The smallest absolute Gasteiger partial charge is 0.341 e. The molecule has 0 spiro atoms. The number of rotatable bonds is 5. The van der Waals surface area contributed by atoms with E-state index < -0.39 is 5.97 Å². The van der Waals surface area contributed by atoms with Crippen molar-refractivity contribution in [3.63, 3.8) is 0 Å². The highest BCUT2D eigenvalue weighted by Crippen LogP contribution is 2.35. The third kappa shape index (κ3) is 4.66. The lowest BCUT2D eigenvalue weighted by Crippen LogP contribution is -2.09. The van der Waals surface area contributed by atoms with Gasteiger partial charge in [-0.05, 0) is 66.6 Å². The van der Waals surface area contributed by atoms with Gasteiger partial charge < -0.3 is 14.9 Å². The van der Waals surface area contributed by atoms with Crippen LogP contribution in [-0.2, 0) is 4.79 Å². The predicted molar refractivity (Wildman–Crippen MR) is 101 cm³/mol. The molecule has 1 saturated carbocycles. The Labute approximate surface area is 153 Å². The van der Waals surface area contributed by atoms with Crippen molar-refractivity contribution in [1.82, 2.24) is 0 Å². The van der Waals surface area contributed by atoms with Gasteiger partial charge in [-0.15, -0.1) is 0 Å². The molecule has 0 unspecified atom stereocenters. The summed E-state index contributed by atoms with van der Waals surface area (Å²) in [5.74, 6) is -0.178. The number of hydrogen-bond acceptors (Lipinski definition) is 3. The second kappa shape index (κ2) is 8.56. The fourth-order valence-corrected chi connectivity index (χ4v) is 3.47. The molecule has 0 aliphatic heterocycles. The van der Waals surface area contributed by atoms with E-state index in [1.54, 1.807) is 12.1 Å². The molecule has 4 nitrogen and oxygen atoms in total. The number of carbonyl (C=O) groups is 1. The van der Waals surface area contributed by atoms with Crippen LogP contribution in [0.1, 0.15) is 49.7 Å². The van der Waals surface area contributed by atoms with Crippen molar-refractivity contribution in [2.75, 3.05) is 6.61 Å². The Hall–Kier alpha value is -2.75. The van der Waals surface area contributed by atoms with Gasteiger partial charge in [-0.2, -0.15) is 0 Å². The van der Waals surface area contributed by atoms with Crippen LogP contribution >= 0.6 is 0 Å². The zero-order valence-electron chi connectivity index (χ0n) is 14.8. The van der Waals surface area contributed by atoms with Gasteiger partial charge >= 0.3 is 5.97 Å². The van der Waals surface area contributed by atoms with Crippen LogP contribution in [0.3, 0.4) is 0 Å². The van der Waals surface area contributed by atoms with Crippen LogP contribution in [0.4, 0.5) is 0 Å². The van der Waals surface area contributed by atoms with Crippen LogP contribution in [0.15, 0.2) is 54.1 Å². The normalized spacial score (nSPS) is 14.5. The highest BCUT2D eigenvalue weighted by Gasteiger charge is 2.14. The average molecular weight is 352 g/mol. The molecule has 0 heterocycles. The maximum atomic E-state index is 10.6. The van der Waals surface area contributed by atoms with Crippen LogP contribution in [0.2, 0.25) is 0 Å². The van der Waals surface area contributed by atoms with E-state index in [0.717, 1.165) is 24.0 Å². The average Bonchev–Trinajstić information content (AvgIpc) is 2.92. The number of allylic oxidation sites excluding steroid dienone is 1. The van der Waals surface area contributed by atoms with Gasteiger partial charge in [0.15, 0.2) is 6.61 Å². The molecule has 0 saturated heterocycles. The lowest BCUT2D eigenvalue weighted by Gasteiger charge is -2.16.